The van der Waals surface area contributed by atoms with Gasteiger partial charge in [0.1, 0.15) is 0 Å². The Morgan fingerprint density at radius 3 is 2.65 bits per heavy atom. The highest BCUT2D eigenvalue weighted by atomic mass is 16.2. The lowest BCUT2D eigenvalue weighted by atomic mass is 9.89. The number of hydrogen-bond donors (Lipinski definition) is 1. The van der Waals surface area contributed by atoms with Crippen molar-refractivity contribution in [2.24, 2.45) is 11.7 Å². The minimum atomic E-state index is -0.379. The smallest absolute Gasteiger partial charge is 0.248 e. The average Bonchev–Trinajstić information content (AvgIpc) is 3.15. The lowest BCUT2D eigenvalue weighted by Gasteiger charge is -2.19. The number of likely N-dealkylation sites (tertiary alicyclic amines) is 1. The molecular weight excluding hydrogens is 252 g/mol. The Bertz CT molecular complexity index is 564. The van der Waals surface area contributed by atoms with Gasteiger partial charge in [0, 0.05) is 30.5 Å². The van der Waals surface area contributed by atoms with E-state index in [9.17, 15) is 9.59 Å². The molecule has 0 spiro atoms. The molecule has 2 fully saturated rings. The van der Waals surface area contributed by atoms with Gasteiger partial charge in [-0.15, -0.1) is 0 Å². The number of amides is 2. The van der Waals surface area contributed by atoms with Crippen molar-refractivity contribution in [3.63, 3.8) is 0 Å². The van der Waals surface area contributed by atoms with Crippen LogP contribution in [0.5, 0.6) is 0 Å². The van der Waals surface area contributed by atoms with Crippen molar-refractivity contribution in [3.8, 4) is 0 Å². The summed E-state index contributed by atoms with van der Waals surface area (Å²) >= 11 is 0. The second-order valence-corrected chi connectivity index (χ2v) is 5.94. The van der Waals surface area contributed by atoms with Gasteiger partial charge in [0.2, 0.25) is 11.8 Å². The fourth-order valence-electron chi connectivity index (χ4n) is 3.22. The summed E-state index contributed by atoms with van der Waals surface area (Å²) in [6.07, 6.45) is 3.00. The molecular formula is C16H20N2O2. The Labute approximate surface area is 118 Å². The van der Waals surface area contributed by atoms with E-state index < -0.39 is 0 Å². The zero-order valence-corrected chi connectivity index (χ0v) is 11.8. The van der Waals surface area contributed by atoms with Crippen LogP contribution in [0.15, 0.2) is 18.2 Å². The molecule has 4 nitrogen and oxygen atoms in total. The molecule has 1 saturated heterocycles. The number of nitrogens with zero attached hydrogens (tertiary/aromatic N) is 1. The standard InChI is InChI=1S/C16H20N2O2/c1-10-3-2-4-13(15(17)19)14(10)12-7-8-18(9-12)16(20)11-5-6-11/h2-4,11-12H,5-9H2,1H3,(H2,17,19). The number of carbonyl (C=O) groups is 2. The predicted octanol–water partition coefficient (Wildman–Crippen LogP) is 1.82. The summed E-state index contributed by atoms with van der Waals surface area (Å²) in [5, 5.41) is 0. The molecule has 1 atom stereocenters. The van der Waals surface area contributed by atoms with Crippen molar-refractivity contribution >= 4 is 11.8 Å². The van der Waals surface area contributed by atoms with Crippen molar-refractivity contribution < 1.29 is 9.59 Å². The molecule has 1 unspecified atom stereocenters. The van der Waals surface area contributed by atoms with Crippen LogP contribution in [0.2, 0.25) is 0 Å². The molecule has 1 aromatic carbocycles. The molecule has 4 heteroatoms. The summed E-state index contributed by atoms with van der Waals surface area (Å²) in [6, 6.07) is 5.66. The Hall–Kier alpha value is -1.84. The van der Waals surface area contributed by atoms with Crippen LogP contribution in [0.25, 0.3) is 0 Å². The molecule has 20 heavy (non-hydrogen) atoms. The number of benzene rings is 1. The molecule has 0 aromatic heterocycles. The molecule has 1 aliphatic heterocycles. The summed E-state index contributed by atoms with van der Waals surface area (Å²) in [4.78, 5) is 25.7. The lowest BCUT2D eigenvalue weighted by Crippen LogP contribution is -2.30. The first-order chi connectivity index (χ1) is 9.58. The van der Waals surface area contributed by atoms with E-state index in [2.05, 4.69) is 0 Å². The second kappa shape index (κ2) is 4.93. The summed E-state index contributed by atoms with van der Waals surface area (Å²) in [6.45, 7) is 3.53. The largest absolute Gasteiger partial charge is 0.366 e. The number of aryl methyl sites for hydroxylation is 1. The van der Waals surface area contributed by atoms with Gasteiger partial charge < -0.3 is 10.6 Å². The maximum Gasteiger partial charge on any atom is 0.248 e. The number of rotatable bonds is 3. The Morgan fingerprint density at radius 1 is 1.25 bits per heavy atom. The fourth-order valence-corrected chi connectivity index (χ4v) is 3.22. The van der Waals surface area contributed by atoms with Gasteiger partial charge in [0.15, 0.2) is 0 Å². The van der Waals surface area contributed by atoms with E-state index in [0.717, 1.165) is 43.5 Å². The summed E-state index contributed by atoms with van der Waals surface area (Å²) in [5.41, 5.74) is 8.21. The van der Waals surface area contributed by atoms with Crippen molar-refractivity contribution in [1.82, 2.24) is 4.90 Å². The molecule has 1 aromatic rings. The highest BCUT2D eigenvalue weighted by Crippen LogP contribution is 2.36. The lowest BCUT2D eigenvalue weighted by molar-refractivity contribution is -0.131. The highest BCUT2D eigenvalue weighted by Gasteiger charge is 2.37. The van der Waals surface area contributed by atoms with Crippen LogP contribution in [0.1, 0.15) is 46.7 Å². The van der Waals surface area contributed by atoms with Gasteiger partial charge in [-0.2, -0.15) is 0 Å². The highest BCUT2D eigenvalue weighted by molar-refractivity contribution is 5.95. The number of hydrogen-bond acceptors (Lipinski definition) is 2. The Balaban J connectivity index is 1.83. The van der Waals surface area contributed by atoms with Crippen molar-refractivity contribution in [3.05, 3.63) is 34.9 Å². The molecule has 2 aliphatic rings. The fraction of sp³-hybridized carbons (Fsp3) is 0.500. The zero-order valence-electron chi connectivity index (χ0n) is 11.8. The van der Waals surface area contributed by atoms with E-state index >= 15 is 0 Å². The molecule has 0 bridgehead atoms. The summed E-state index contributed by atoms with van der Waals surface area (Å²) in [5.74, 6) is 0.417. The van der Waals surface area contributed by atoms with Crippen LogP contribution in [-0.2, 0) is 4.79 Å². The molecule has 1 heterocycles. The van der Waals surface area contributed by atoms with Gasteiger partial charge >= 0.3 is 0 Å². The molecule has 3 rings (SSSR count). The minimum absolute atomic E-state index is 0.237. The van der Waals surface area contributed by atoms with Gasteiger partial charge in [-0.3, -0.25) is 9.59 Å². The summed E-state index contributed by atoms with van der Waals surface area (Å²) in [7, 11) is 0. The first-order valence-corrected chi connectivity index (χ1v) is 7.26. The van der Waals surface area contributed by atoms with Crippen molar-refractivity contribution in [1.29, 1.82) is 0 Å². The van der Waals surface area contributed by atoms with E-state index in [1.54, 1.807) is 6.07 Å². The predicted molar refractivity (Wildman–Crippen MR) is 76.4 cm³/mol. The first kappa shape index (κ1) is 13.2. The Kier molecular flexibility index (Phi) is 3.24. The monoisotopic (exact) mass is 272 g/mol. The van der Waals surface area contributed by atoms with Gasteiger partial charge in [0.25, 0.3) is 0 Å². The molecule has 106 valence electrons. The van der Waals surface area contributed by atoms with E-state index in [4.69, 9.17) is 5.73 Å². The van der Waals surface area contributed by atoms with E-state index in [-0.39, 0.29) is 17.7 Å². The van der Waals surface area contributed by atoms with Gasteiger partial charge in [-0.05, 0) is 43.4 Å². The normalized spacial score (nSPS) is 22.1. The minimum Gasteiger partial charge on any atom is -0.366 e. The van der Waals surface area contributed by atoms with Gasteiger partial charge in [0.05, 0.1) is 0 Å². The van der Waals surface area contributed by atoms with Gasteiger partial charge in [-0.1, -0.05) is 12.1 Å². The molecule has 2 N–H and O–H groups in total. The number of nitrogens with two attached hydrogens (primary N) is 1. The van der Waals surface area contributed by atoms with E-state index in [1.165, 1.54) is 0 Å². The SMILES string of the molecule is Cc1cccc(C(N)=O)c1C1CCN(C(=O)C2CC2)C1. The van der Waals surface area contributed by atoms with Crippen LogP contribution < -0.4 is 5.73 Å². The third-order valence-corrected chi connectivity index (χ3v) is 4.42. The van der Waals surface area contributed by atoms with Crippen LogP contribution in [0.4, 0.5) is 0 Å². The number of primary amides is 1. The quantitative estimate of drug-likeness (QED) is 0.912. The van der Waals surface area contributed by atoms with Crippen LogP contribution in [0.3, 0.4) is 0 Å². The third kappa shape index (κ3) is 2.30. The van der Waals surface area contributed by atoms with Gasteiger partial charge in [-0.25, -0.2) is 0 Å². The van der Waals surface area contributed by atoms with E-state index in [1.807, 2.05) is 24.0 Å². The topological polar surface area (TPSA) is 63.4 Å². The van der Waals surface area contributed by atoms with E-state index in [0.29, 0.717) is 11.5 Å². The van der Waals surface area contributed by atoms with Crippen molar-refractivity contribution in [2.75, 3.05) is 13.1 Å². The maximum absolute atomic E-state index is 12.1. The number of carbonyl (C=O) groups excluding carboxylic acids is 2. The summed E-state index contributed by atoms with van der Waals surface area (Å²) < 4.78 is 0. The van der Waals surface area contributed by atoms with Crippen LogP contribution in [0, 0.1) is 12.8 Å². The zero-order chi connectivity index (χ0) is 14.3. The molecule has 1 aliphatic carbocycles. The molecule has 2 amide bonds. The average molecular weight is 272 g/mol. The third-order valence-electron chi connectivity index (χ3n) is 4.42. The maximum atomic E-state index is 12.1. The van der Waals surface area contributed by atoms with Crippen LogP contribution in [-0.4, -0.2) is 29.8 Å². The first-order valence-electron chi connectivity index (χ1n) is 7.26. The van der Waals surface area contributed by atoms with Crippen molar-refractivity contribution in [2.45, 2.75) is 32.1 Å². The van der Waals surface area contributed by atoms with Crippen LogP contribution >= 0.6 is 0 Å². The second-order valence-electron chi connectivity index (χ2n) is 5.94. The Morgan fingerprint density at radius 2 is 2.00 bits per heavy atom. The molecule has 0 radical (unpaired) electrons. The molecule has 1 saturated carbocycles.